The average Bonchev–Trinajstić information content (AvgIpc) is 2.67. The molecule has 2 aromatic carbocycles. The molecule has 4 heteroatoms. The van der Waals surface area contributed by atoms with Crippen molar-refractivity contribution in [3.8, 4) is 0 Å². The number of nitrogens with zero attached hydrogens (tertiary/aromatic N) is 1. The summed E-state index contributed by atoms with van der Waals surface area (Å²) < 4.78 is 0.725. The van der Waals surface area contributed by atoms with Gasteiger partial charge in [-0.15, -0.1) is 0 Å². The molecule has 3 rings (SSSR count). The van der Waals surface area contributed by atoms with Crippen molar-refractivity contribution < 1.29 is 14.6 Å². The van der Waals surface area contributed by atoms with Crippen LogP contribution in [0.5, 0.6) is 0 Å². The number of hydrogen-bond acceptors (Lipinski definition) is 3. The van der Waals surface area contributed by atoms with E-state index in [0.717, 1.165) is 24.0 Å². The molecule has 1 aromatic heterocycles. The molecule has 3 aromatic rings. The van der Waals surface area contributed by atoms with Gasteiger partial charge in [-0.25, -0.2) is 0 Å². The van der Waals surface area contributed by atoms with Crippen LogP contribution in [0.4, 0.5) is 0 Å². The van der Waals surface area contributed by atoms with Crippen LogP contribution in [0.2, 0.25) is 0 Å². The van der Waals surface area contributed by atoms with Crippen LogP contribution in [-0.2, 0) is 0 Å². The maximum absolute atomic E-state index is 13.2. The van der Waals surface area contributed by atoms with E-state index in [-0.39, 0.29) is 5.78 Å². The number of aliphatic hydroxyl groups excluding tert-OH is 1. The molecule has 0 spiro atoms. The summed E-state index contributed by atoms with van der Waals surface area (Å²) >= 11 is 0. The number of unbranched alkanes of at least 4 members (excludes halogenated alkanes) is 2. The van der Waals surface area contributed by atoms with Gasteiger partial charge in [0.1, 0.15) is 0 Å². The van der Waals surface area contributed by atoms with E-state index in [4.69, 9.17) is 0 Å². The molecule has 0 aliphatic carbocycles. The monoisotopic (exact) mass is 349 g/mol. The minimum atomic E-state index is -0.684. The molecule has 0 radical (unpaired) electrons. The molecule has 4 nitrogen and oxygen atoms in total. The Kier molecular flexibility index (Phi) is 5.64. The number of hydrogen-bond donors (Lipinski definition) is 1. The van der Waals surface area contributed by atoms with Crippen molar-refractivity contribution in [2.24, 2.45) is 0 Å². The smallest absolute Gasteiger partial charge is 0.235 e. The summed E-state index contributed by atoms with van der Waals surface area (Å²) in [7, 11) is 0. The Morgan fingerprint density at radius 1 is 1.04 bits per heavy atom. The number of ketones is 1. The SMILES string of the molecule is CCCCCC(O)c1ccccc1C(=O)c1cccc2ccc[n+]([O-])c12. The second-order valence-corrected chi connectivity index (χ2v) is 6.51. The van der Waals surface area contributed by atoms with Crippen molar-refractivity contribution in [3.05, 3.63) is 82.7 Å². The van der Waals surface area contributed by atoms with Crippen LogP contribution < -0.4 is 4.73 Å². The fraction of sp³-hybridized carbons (Fsp3) is 0.273. The average molecular weight is 349 g/mol. The fourth-order valence-electron chi connectivity index (χ4n) is 3.31. The number of pyridine rings is 1. The van der Waals surface area contributed by atoms with E-state index < -0.39 is 6.10 Å². The third-order valence-corrected chi connectivity index (χ3v) is 4.68. The van der Waals surface area contributed by atoms with Crippen molar-refractivity contribution in [2.75, 3.05) is 0 Å². The standard InChI is InChI=1S/C22H23NO3/c1-2-3-4-14-20(24)17-11-5-6-12-18(17)22(25)19-13-7-9-16-10-8-15-23(26)21(16)19/h5-13,15,20,24H,2-4,14H2,1H3. The molecule has 0 saturated carbocycles. The van der Waals surface area contributed by atoms with Gasteiger partial charge in [-0.1, -0.05) is 56.5 Å². The lowest BCUT2D eigenvalue weighted by Gasteiger charge is -2.15. The summed E-state index contributed by atoms with van der Waals surface area (Å²) in [6.45, 7) is 2.11. The van der Waals surface area contributed by atoms with Crippen LogP contribution in [0.15, 0.2) is 60.8 Å². The van der Waals surface area contributed by atoms with Gasteiger partial charge in [0.2, 0.25) is 5.52 Å². The molecule has 0 fully saturated rings. The van der Waals surface area contributed by atoms with Gasteiger partial charge in [-0.2, -0.15) is 4.73 Å². The topological polar surface area (TPSA) is 64.2 Å². The molecule has 1 heterocycles. The van der Waals surface area contributed by atoms with Crippen molar-refractivity contribution >= 4 is 16.7 Å². The lowest BCUT2D eigenvalue weighted by molar-refractivity contribution is -0.577. The van der Waals surface area contributed by atoms with Crippen LogP contribution >= 0.6 is 0 Å². The number of rotatable bonds is 7. The largest absolute Gasteiger partial charge is 0.618 e. The Hall–Kier alpha value is -2.72. The molecule has 0 aliphatic heterocycles. The molecule has 134 valence electrons. The van der Waals surface area contributed by atoms with Crippen LogP contribution in [0.3, 0.4) is 0 Å². The van der Waals surface area contributed by atoms with Gasteiger partial charge in [0, 0.05) is 17.0 Å². The number of fused-ring (bicyclic) bond motifs is 1. The molecule has 1 unspecified atom stereocenters. The number of aliphatic hydroxyl groups is 1. The van der Waals surface area contributed by atoms with Gasteiger partial charge in [-0.3, -0.25) is 4.79 Å². The Bertz CT molecular complexity index is 915. The van der Waals surface area contributed by atoms with Gasteiger partial charge < -0.3 is 10.3 Å². The zero-order chi connectivity index (χ0) is 18.5. The zero-order valence-corrected chi connectivity index (χ0v) is 14.9. The fourth-order valence-corrected chi connectivity index (χ4v) is 3.31. The van der Waals surface area contributed by atoms with Crippen molar-refractivity contribution in [1.29, 1.82) is 0 Å². The third kappa shape index (κ3) is 3.60. The minimum absolute atomic E-state index is 0.239. The van der Waals surface area contributed by atoms with E-state index in [1.165, 1.54) is 6.20 Å². The Morgan fingerprint density at radius 3 is 2.58 bits per heavy atom. The highest BCUT2D eigenvalue weighted by Gasteiger charge is 2.22. The molecule has 0 saturated heterocycles. The Morgan fingerprint density at radius 2 is 1.77 bits per heavy atom. The van der Waals surface area contributed by atoms with Gasteiger partial charge in [0.05, 0.1) is 11.7 Å². The lowest BCUT2D eigenvalue weighted by atomic mass is 9.92. The molecule has 0 aliphatic rings. The molecule has 1 atom stereocenters. The predicted octanol–water partition coefficient (Wildman–Crippen LogP) is 4.32. The van der Waals surface area contributed by atoms with E-state index in [1.54, 1.807) is 36.4 Å². The van der Waals surface area contributed by atoms with E-state index in [1.807, 2.05) is 18.2 Å². The van der Waals surface area contributed by atoms with Gasteiger partial charge in [-0.05, 0) is 30.2 Å². The number of carbonyl (C=O) groups excluding carboxylic acids is 1. The number of aromatic nitrogens is 1. The predicted molar refractivity (Wildman–Crippen MR) is 102 cm³/mol. The van der Waals surface area contributed by atoms with Crippen molar-refractivity contribution in [1.82, 2.24) is 0 Å². The first kappa shape index (κ1) is 18.1. The summed E-state index contributed by atoms with van der Waals surface area (Å²) in [5.74, 6) is -0.239. The highest BCUT2D eigenvalue weighted by molar-refractivity contribution is 6.15. The van der Waals surface area contributed by atoms with Gasteiger partial charge in [0.15, 0.2) is 12.0 Å². The summed E-state index contributed by atoms with van der Waals surface area (Å²) in [6.07, 6.45) is 4.37. The first-order valence-electron chi connectivity index (χ1n) is 9.06. The number of benzene rings is 2. The van der Waals surface area contributed by atoms with Gasteiger partial charge >= 0.3 is 0 Å². The molecular formula is C22H23NO3. The van der Waals surface area contributed by atoms with E-state index in [2.05, 4.69) is 6.92 Å². The first-order chi connectivity index (χ1) is 12.6. The Labute approximate surface area is 153 Å². The van der Waals surface area contributed by atoms with E-state index in [9.17, 15) is 15.1 Å². The summed E-state index contributed by atoms with van der Waals surface area (Å²) in [5.41, 5.74) is 1.79. The van der Waals surface area contributed by atoms with Crippen LogP contribution in [0, 0.1) is 5.21 Å². The third-order valence-electron chi connectivity index (χ3n) is 4.68. The summed E-state index contributed by atoms with van der Waals surface area (Å²) in [6, 6.07) is 15.8. The summed E-state index contributed by atoms with van der Waals surface area (Å²) in [5, 5.41) is 23.5. The quantitative estimate of drug-likeness (QED) is 0.299. The summed E-state index contributed by atoms with van der Waals surface area (Å²) in [4.78, 5) is 13.2. The van der Waals surface area contributed by atoms with Crippen molar-refractivity contribution in [2.45, 2.75) is 38.7 Å². The maximum Gasteiger partial charge on any atom is 0.235 e. The molecule has 0 amide bonds. The van der Waals surface area contributed by atoms with E-state index in [0.29, 0.717) is 34.0 Å². The Balaban J connectivity index is 2.02. The lowest BCUT2D eigenvalue weighted by Crippen LogP contribution is -2.28. The number of carbonyl (C=O) groups is 1. The first-order valence-corrected chi connectivity index (χ1v) is 9.06. The van der Waals surface area contributed by atoms with Crippen LogP contribution in [0.25, 0.3) is 10.9 Å². The normalized spacial score (nSPS) is 12.2. The molecule has 26 heavy (non-hydrogen) atoms. The highest BCUT2D eigenvalue weighted by atomic mass is 16.5. The minimum Gasteiger partial charge on any atom is -0.618 e. The highest BCUT2D eigenvalue weighted by Crippen LogP contribution is 2.26. The zero-order valence-electron chi connectivity index (χ0n) is 14.9. The number of para-hydroxylation sites is 1. The molecular weight excluding hydrogens is 326 g/mol. The second-order valence-electron chi connectivity index (χ2n) is 6.51. The van der Waals surface area contributed by atoms with E-state index >= 15 is 0 Å². The van der Waals surface area contributed by atoms with Gasteiger partial charge in [0.25, 0.3) is 0 Å². The van der Waals surface area contributed by atoms with Crippen LogP contribution in [0.1, 0.15) is 60.2 Å². The molecule has 1 N–H and O–H groups in total. The molecule has 0 bridgehead atoms. The maximum atomic E-state index is 13.2. The van der Waals surface area contributed by atoms with Crippen LogP contribution in [-0.4, -0.2) is 10.9 Å². The second kappa shape index (κ2) is 8.11. The van der Waals surface area contributed by atoms with Crippen molar-refractivity contribution in [3.63, 3.8) is 0 Å².